The van der Waals surface area contributed by atoms with Crippen LogP contribution in [-0.4, -0.2) is 29.4 Å². The molecular weight excluding hydrogens is 344 g/mol. The van der Waals surface area contributed by atoms with Gasteiger partial charge in [0, 0.05) is 22.2 Å². The number of esters is 1. The lowest BCUT2D eigenvalue weighted by molar-refractivity contribution is -0.131. The Kier molecular flexibility index (Phi) is 8.09. The van der Waals surface area contributed by atoms with E-state index in [0.717, 1.165) is 6.08 Å². The number of hydrogen-bond donors (Lipinski definition) is 1. The van der Waals surface area contributed by atoms with Crippen LogP contribution in [0.1, 0.15) is 33.2 Å². The quantitative estimate of drug-likeness (QED) is 0.495. The molecule has 6 heteroatoms. The van der Waals surface area contributed by atoms with Gasteiger partial charge < -0.3 is 9.84 Å². The first-order chi connectivity index (χ1) is 11.9. The third kappa shape index (κ3) is 6.61. The number of carbonyl (C=O) groups excluding carboxylic acids is 2. The van der Waals surface area contributed by atoms with Gasteiger partial charge in [-0.25, -0.2) is 9.59 Å². The van der Waals surface area contributed by atoms with Crippen LogP contribution in [0.15, 0.2) is 61.2 Å². The van der Waals surface area contributed by atoms with Crippen molar-refractivity contribution in [2.24, 2.45) is 0 Å². The van der Waals surface area contributed by atoms with Crippen molar-refractivity contribution in [1.82, 2.24) is 0 Å². The molecule has 0 aliphatic carbocycles. The van der Waals surface area contributed by atoms with Gasteiger partial charge >= 0.3 is 11.9 Å². The van der Waals surface area contributed by atoms with Crippen LogP contribution < -0.4 is 0 Å². The van der Waals surface area contributed by atoms with E-state index >= 15 is 0 Å². The van der Waals surface area contributed by atoms with Crippen molar-refractivity contribution in [2.45, 2.75) is 6.92 Å². The number of hydrogen-bond acceptors (Lipinski definition) is 4. The van der Waals surface area contributed by atoms with Crippen molar-refractivity contribution in [1.29, 1.82) is 0 Å². The number of halogens is 1. The minimum absolute atomic E-state index is 0.114. The number of rotatable bonds is 5. The van der Waals surface area contributed by atoms with E-state index in [0.29, 0.717) is 28.3 Å². The molecule has 0 spiro atoms. The first kappa shape index (κ1) is 20.1. The highest BCUT2D eigenvalue weighted by Crippen LogP contribution is 2.15. The fraction of sp³-hybridized carbons (Fsp3) is 0.105. The van der Waals surface area contributed by atoms with E-state index in [-0.39, 0.29) is 5.78 Å². The Morgan fingerprint density at radius 2 is 1.40 bits per heavy atom. The van der Waals surface area contributed by atoms with E-state index < -0.39 is 11.9 Å². The van der Waals surface area contributed by atoms with Gasteiger partial charge in [0.05, 0.1) is 12.2 Å². The van der Waals surface area contributed by atoms with Crippen LogP contribution in [0.5, 0.6) is 0 Å². The summed E-state index contributed by atoms with van der Waals surface area (Å²) in [6.45, 7) is 5.03. The van der Waals surface area contributed by atoms with Crippen LogP contribution in [0.25, 0.3) is 0 Å². The molecule has 0 aliphatic heterocycles. The normalized spacial score (nSPS) is 9.36. The first-order valence-electron chi connectivity index (χ1n) is 7.31. The lowest BCUT2D eigenvalue weighted by Crippen LogP contribution is -2.06. The topological polar surface area (TPSA) is 80.7 Å². The maximum absolute atomic E-state index is 12.2. The van der Waals surface area contributed by atoms with Crippen molar-refractivity contribution < 1.29 is 24.2 Å². The number of carbonyl (C=O) groups is 3. The number of aliphatic carboxylic acids is 1. The van der Waals surface area contributed by atoms with Gasteiger partial charge in [0.1, 0.15) is 0 Å². The highest BCUT2D eigenvalue weighted by molar-refractivity contribution is 6.30. The third-order valence-corrected chi connectivity index (χ3v) is 3.19. The Bertz CT molecular complexity index is 748. The molecule has 5 nitrogen and oxygen atoms in total. The minimum atomic E-state index is -0.981. The first-order valence-corrected chi connectivity index (χ1v) is 7.69. The second kappa shape index (κ2) is 10.1. The molecule has 0 heterocycles. The summed E-state index contributed by atoms with van der Waals surface area (Å²) in [5.74, 6) is -1.49. The highest BCUT2D eigenvalue weighted by atomic mass is 35.5. The summed E-state index contributed by atoms with van der Waals surface area (Å²) >= 11 is 5.79. The molecule has 25 heavy (non-hydrogen) atoms. The Morgan fingerprint density at radius 1 is 1.00 bits per heavy atom. The van der Waals surface area contributed by atoms with Crippen molar-refractivity contribution in [3.63, 3.8) is 0 Å². The summed E-state index contributed by atoms with van der Waals surface area (Å²) in [4.78, 5) is 33.0. The van der Waals surface area contributed by atoms with E-state index in [4.69, 9.17) is 21.4 Å². The second-order valence-electron chi connectivity index (χ2n) is 4.68. The van der Waals surface area contributed by atoms with E-state index in [9.17, 15) is 14.4 Å². The average Bonchev–Trinajstić information content (AvgIpc) is 2.62. The van der Waals surface area contributed by atoms with Crippen LogP contribution in [0.4, 0.5) is 0 Å². The molecule has 0 fully saturated rings. The molecule has 0 radical (unpaired) electrons. The Morgan fingerprint density at radius 3 is 1.80 bits per heavy atom. The number of carboxylic acids is 1. The van der Waals surface area contributed by atoms with Gasteiger partial charge in [-0.2, -0.15) is 0 Å². The maximum atomic E-state index is 12.2. The van der Waals surface area contributed by atoms with Crippen molar-refractivity contribution in [2.75, 3.05) is 6.61 Å². The highest BCUT2D eigenvalue weighted by Gasteiger charge is 2.11. The Hall–Kier alpha value is -2.92. The summed E-state index contributed by atoms with van der Waals surface area (Å²) in [5, 5.41) is 8.19. The van der Waals surface area contributed by atoms with Crippen LogP contribution in [-0.2, 0) is 9.53 Å². The number of ketones is 1. The van der Waals surface area contributed by atoms with Gasteiger partial charge in [-0.3, -0.25) is 4.79 Å². The van der Waals surface area contributed by atoms with E-state index in [1.807, 2.05) is 0 Å². The summed E-state index contributed by atoms with van der Waals surface area (Å²) in [6.07, 6.45) is 0.833. The minimum Gasteiger partial charge on any atom is -0.478 e. The van der Waals surface area contributed by atoms with E-state index in [1.165, 1.54) is 0 Å². The van der Waals surface area contributed by atoms with Crippen LogP contribution in [0.3, 0.4) is 0 Å². The molecule has 130 valence electrons. The lowest BCUT2D eigenvalue weighted by Gasteiger charge is -2.04. The Balaban J connectivity index is 0.000000550. The molecule has 2 aromatic carbocycles. The predicted octanol–water partition coefficient (Wildman–Crippen LogP) is 4.00. The van der Waals surface area contributed by atoms with Crippen LogP contribution in [0, 0.1) is 0 Å². The van der Waals surface area contributed by atoms with Crippen LogP contribution >= 0.6 is 11.6 Å². The largest absolute Gasteiger partial charge is 0.478 e. The number of benzene rings is 2. The molecule has 0 bridgehead atoms. The average molecular weight is 361 g/mol. The molecular formula is C19H17ClO5. The summed E-state index contributed by atoms with van der Waals surface area (Å²) in [7, 11) is 0. The van der Waals surface area contributed by atoms with Gasteiger partial charge in [0.25, 0.3) is 0 Å². The van der Waals surface area contributed by atoms with Gasteiger partial charge in [-0.05, 0) is 43.3 Å². The third-order valence-electron chi connectivity index (χ3n) is 2.94. The van der Waals surface area contributed by atoms with Crippen molar-refractivity contribution >= 4 is 29.3 Å². The van der Waals surface area contributed by atoms with E-state index in [1.54, 1.807) is 55.5 Å². The van der Waals surface area contributed by atoms with E-state index in [2.05, 4.69) is 6.58 Å². The molecule has 0 atom stereocenters. The van der Waals surface area contributed by atoms with Gasteiger partial charge in [-0.1, -0.05) is 30.3 Å². The summed E-state index contributed by atoms with van der Waals surface area (Å²) in [6, 6.07) is 13.1. The zero-order valence-electron chi connectivity index (χ0n) is 13.6. The van der Waals surface area contributed by atoms with Crippen molar-refractivity contribution in [3.8, 4) is 0 Å². The van der Waals surface area contributed by atoms with Gasteiger partial charge in [-0.15, -0.1) is 0 Å². The van der Waals surface area contributed by atoms with Gasteiger partial charge in [0.2, 0.25) is 0 Å². The fourth-order valence-electron chi connectivity index (χ4n) is 1.74. The summed E-state index contributed by atoms with van der Waals surface area (Å²) in [5.41, 5.74) is 1.50. The number of carboxylic acid groups (broad SMARTS) is 1. The molecule has 1 N–H and O–H groups in total. The molecule has 0 unspecified atom stereocenters. The SMILES string of the molecule is C=CC(=O)O.CCOC(=O)c1ccc(C(=O)c2ccc(Cl)cc2)cc1. The number of ether oxygens (including phenoxy) is 1. The second-order valence-corrected chi connectivity index (χ2v) is 5.11. The monoisotopic (exact) mass is 360 g/mol. The zero-order chi connectivity index (χ0) is 18.8. The maximum Gasteiger partial charge on any atom is 0.338 e. The molecule has 0 aliphatic rings. The molecule has 2 rings (SSSR count). The predicted molar refractivity (Wildman–Crippen MR) is 95.1 cm³/mol. The molecule has 0 saturated heterocycles. The smallest absolute Gasteiger partial charge is 0.338 e. The van der Waals surface area contributed by atoms with Crippen LogP contribution in [0.2, 0.25) is 5.02 Å². The molecule has 0 amide bonds. The molecule has 0 aromatic heterocycles. The molecule has 0 saturated carbocycles. The lowest BCUT2D eigenvalue weighted by atomic mass is 10.0. The molecule has 2 aromatic rings. The van der Waals surface area contributed by atoms with Gasteiger partial charge in [0.15, 0.2) is 5.78 Å². The Labute approximate surface area is 150 Å². The summed E-state index contributed by atoms with van der Waals surface area (Å²) < 4.78 is 4.89. The standard InChI is InChI=1S/C16H13ClO3.C3H4O2/c1-2-20-16(19)13-5-3-11(4-6-13)15(18)12-7-9-14(17)10-8-12;1-2-3(4)5/h3-10H,2H2,1H3;2H,1H2,(H,4,5). The zero-order valence-corrected chi connectivity index (χ0v) is 14.3. The van der Waals surface area contributed by atoms with Crippen molar-refractivity contribution in [3.05, 3.63) is 82.9 Å². The fourth-order valence-corrected chi connectivity index (χ4v) is 1.87.